The molecule has 0 aliphatic rings. The maximum absolute atomic E-state index is 10.5. The highest BCUT2D eigenvalue weighted by Gasteiger charge is 2.21. The first-order valence-electron chi connectivity index (χ1n) is 3.84. The largest absolute Gasteiger partial charge is 0.480 e. The number of carboxylic acids is 1. The van der Waals surface area contributed by atoms with Gasteiger partial charge in [-0.25, -0.2) is 0 Å². The molecule has 0 fully saturated rings. The summed E-state index contributed by atoms with van der Waals surface area (Å²) >= 11 is 4.15. The van der Waals surface area contributed by atoms with Crippen molar-refractivity contribution < 1.29 is 9.90 Å². The van der Waals surface area contributed by atoms with Gasteiger partial charge in [0.25, 0.3) is 0 Å². The molecule has 70 valence electrons. The molecule has 0 bridgehead atoms. The highest BCUT2D eigenvalue weighted by atomic mass is 32.1. The van der Waals surface area contributed by atoms with E-state index in [1.165, 1.54) is 0 Å². The molecule has 0 spiro atoms. The van der Waals surface area contributed by atoms with Crippen molar-refractivity contribution in [1.29, 1.82) is 0 Å². The van der Waals surface area contributed by atoms with Gasteiger partial charge in [-0.1, -0.05) is 30.3 Å². The molecule has 0 saturated carbocycles. The molecule has 0 aliphatic carbocycles. The number of carbonyl (C=O) groups is 1. The van der Waals surface area contributed by atoms with E-state index in [4.69, 9.17) is 10.8 Å². The maximum atomic E-state index is 10.5. The van der Waals surface area contributed by atoms with Gasteiger partial charge in [0.05, 0.1) is 5.25 Å². The van der Waals surface area contributed by atoms with Gasteiger partial charge in [-0.3, -0.25) is 4.79 Å². The number of carboxylic acid groups (broad SMARTS) is 1. The van der Waals surface area contributed by atoms with Crippen LogP contribution in [0.1, 0.15) is 10.8 Å². The lowest BCUT2D eigenvalue weighted by molar-refractivity contribution is -0.138. The highest BCUT2D eigenvalue weighted by Crippen LogP contribution is 2.22. The first-order valence-corrected chi connectivity index (χ1v) is 4.36. The van der Waals surface area contributed by atoms with Crippen molar-refractivity contribution >= 4 is 18.6 Å². The van der Waals surface area contributed by atoms with Crippen molar-refractivity contribution in [2.45, 2.75) is 11.3 Å². The molecule has 1 aromatic carbocycles. The van der Waals surface area contributed by atoms with Crippen LogP contribution in [0.5, 0.6) is 0 Å². The van der Waals surface area contributed by atoms with Gasteiger partial charge in [0.1, 0.15) is 6.04 Å². The Morgan fingerprint density at radius 2 is 1.92 bits per heavy atom. The fourth-order valence-electron chi connectivity index (χ4n) is 0.993. The second kappa shape index (κ2) is 4.30. The molecule has 1 rings (SSSR count). The summed E-state index contributed by atoms with van der Waals surface area (Å²) in [6, 6.07) is 8.16. The standard InChI is InChI=1S/C9H11NO2S/c10-7(9(11)12)8(13)6-4-2-1-3-5-6/h1-5,7-8,13H,10H2,(H,11,12)/t7-,8-/m1/s1. The molecule has 0 heterocycles. The average molecular weight is 197 g/mol. The molecular weight excluding hydrogens is 186 g/mol. The van der Waals surface area contributed by atoms with E-state index in [2.05, 4.69) is 12.6 Å². The van der Waals surface area contributed by atoms with Crippen LogP contribution in [-0.2, 0) is 4.79 Å². The van der Waals surface area contributed by atoms with E-state index in [9.17, 15) is 4.79 Å². The van der Waals surface area contributed by atoms with E-state index in [-0.39, 0.29) is 0 Å². The second-order valence-corrected chi connectivity index (χ2v) is 3.28. The normalized spacial score (nSPS) is 14.9. The molecule has 0 radical (unpaired) electrons. The Labute approximate surface area is 82.0 Å². The summed E-state index contributed by atoms with van der Waals surface area (Å²) in [6.45, 7) is 0. The van der Waals surface area contributed by atoms with Gasteiger partial charge in [0.2, 0.25) is 0 Å². The molecule has 13 heavy (non-hydrogen) atoms. The molecular formula is C9H11NO2S. The van der Waals surface area contributed by atoms with Crippen molar-refractivity contribution in [3.05, 3.63) is 35.9 Å². The first-order chi connectivity index (χ1) is 6.13. The average Bonchev–Trinajstić information content (AvgIpc) is 2.17. The van der Waals surface area contributed by atoms with Crippen LogP contribution in [0.2, 0.25) is 0 Å². The second-order valence-electron chi connectivity index (χ2n) is 2.72. The number of rotatable bonds is 3. The van der Waals surface area contributed by atoms with Crippen molar-refractivity contribution in [2.75, 3.05) is 0 Å². The summed E-state index contributed by atoms with van der Waals surface area (Å²) in [5.74, 6) is -1.04. The number of aliphatic carboxylic acids is 1. The monoisotopic (exact) mass is 197 g/mol. The zero-order valence-corrected chi connectivity index (χ0v) is 7.82. The number of hydrogen-bond donors (Lipinski definition) is 3. The quantitative estimate of drug-likeness (QED) is 0.635. The summed E-state index contributed by atoms with van der Waals surface area (Å²) in [7, 11) is 0. The smallest absolute Gasteiger partial charge is 0.321 e. The minimum Gasteiger partial charge on any atom is -0.480 e. The van der Waals surface area contributed by atoms with Crippen LogP contribution < -0.4 is 5.73 Å². The lowest BCUT2D eigenvalue weighted by Gasteiger charge is -2.14. The topological polar surface area (TPSA) is 63.3 Å². The summed E-state index contributed by atoms with van der Waals surface area (Å²) < 4.78 is 0. The summed E-state index contributed by atoms with van der Waals surface area (Å²) in [6.07, 6.45) is 0. The number of thiol groups is 1. The SMILES string of the molecule is N[C@@H](C(=O)O)[C@H](S)c1ccccc1. The van der Waals surface area contributed by atoms with E-state index < -0.39 is 17.3 Å². The van der Waals surface area contributed by atoms with Crippen molar-refractivity contribution in [3.8, 4) is 0 Å². The Morgan fingerprint density at radius 3 is 2.38 bits per heavy atom. The van der Waals surface area contributed by atoms with Crippen LogP contribution in [0.15, 0.2) is 30.3 Å². The Bertz CT molecular complexity index is 289. The van der Waals surface area contributed by atoms with Gasteiger partial charge in [0.15, 0.2) is 0 Å². The van der Waals surface area contributed by atoms with E-state index in [0.29, 0.717) is 0 Å². The van der Waals surface area contributed by atoms with Crippen LogP contribution in [0.3, 0.4) is 0 Å². The van der Waals surface area contributed by atoms with Crippen LogP contribution in [0.25, 0.3) is 0 Å². The maximum Gasteiger partial charge on any atom is 0.321 e. The molecule has 3 nitrogen and oxygen atoms in total. The molecule has 0 saturated heterocycles. The number of benzene rings is 1. The minimum absolute atomic E-state index is 0.460. The van der Waals surface area contributed by atoms with Gasteiger partial charge in [-0.15, -0.1) is 0 Å². The Hall–Kier alpha value is -1.00. The van der Waals surface area contributed by atoms with E-state index in [1.54, 1.807) is 12.1 Å². The van der Waals surface area contributed by atoms with E-state index in [0.717, 1.165) is 5.56 Å². The lowest BCUT2D eigenvalue weighted by atomic mass is 10.1. The predicted molar refractivity (Wildman–Crippen MR) is 53.8 cm³/mol. The predicted octanol–water partition coefficient (Wildman–Crippen LogP) is 1.07. The van der Waals surface area contributed by atoms with E-state index >= 15 is 0 Å². The van der Waals surface area contributed by atoms with Crippen molar-refractivity contribution in [2.24, 2.45) is 5.73 Å². The zero-order valence-electron chi connectivity index (χ0n) is 6.92. The van der Waals surface area contributed by atoms with Crippen LogP contribution in [0, 0.1) is 0 Å². The molecule has 1 aromatic rings. The summed E-state index contributed by atoms with van der Waals surface area (Å²) in [4.78, 5) is 10.5. The van der Waals surface area contributed by atoms with Gasteiger partial charge >= 0.3 is 5.97 Å². The summed E-state index contributed by atoms with van der Waals surface area (Å²) in [5, 5.41) is 8.18. The Morgan fingerprint density at radius 1 is 1.38 bits per heavy atom. The van der Waals surface area contributed by atoms with Gasteiger partial charge < -0.3 is 10.8 Å². The van der Waals surface area contributed by atoms with Gasteiger partial charge in [-0.2, -0.15) is 12.6 Å². The van der Waals surface area contributed by atoms with Crippen LogP contribution in [0.4, 0.5) is 0 Å². The molecule has 2 atom stereocenters. The van der Waals surface area contributed by atoms with Crippen LogP contribution >= 0.6 is 12.6 Å². The first kappa shape index (κ1) is 10.1. The third-order valence-corrected chi connectivity index (χ3v) is 2.39. The van der Waals surface area contributed by atoms with Crippen LogP contribution in [-0.4, -0.2) is 17.1 Å². The Balaban J connectivity index is 2.79. The molecule has 0 unspecified atom stereocenters. The fraction of sp³-hybridized carbons (Fsp3) is 0.222. The third kappa shape index (κ3) is 2.47. The van der Waals surface area contributed by atoms with Crippen molar-refractivity contribution in [1.82, 2.24) is 0 Å². The minimum atomic E-state index is -1.04. The van der Waals surface area contributed by atoms with E-state index in [1.807, 2.05) is 18.2 Å². The molecule has 3 N–H and O–H groups in total. The molecule has 0 amide bonds. The molecule has 0 aliphatic heterocycles. The number of hydrogen-bond acceptors (Lipinski definition) is 3. The number of nitrogens with two attached hydrogens (primary N) is 1. The molecule has 0 aromatic heterocycles. The summed E-state index contributed by atoms with van der Waals surface area (Å²) in [5.41, 5.74) is 6.24. The van der Waals surface area contributed by atoms with Gasteiger partial charge in [-0.05, 0) is 5.56 Å². The molecule has 4 heteroatoms. The third-order valence-electron chi connectivity index (χ3n) is 1.77. The van der Waals surface area contributed by atoms with Crippen molar-refractivity contribution in [3.63, 3.8) is 0 Å². The highest BCUT2D eigenvalue weighted by molar-refractivity contribution is 7.80. The van der Waals surface area contributed by atoms with Gasteiger partial charge in [0, 0.05) is 0 Å². The lowest BCUT2D eigenvalue weighted by Crippen LogP contribution is -2.34. The Kier molecular flexibility index (Phi) is 3.33. The fourth-order valence-corrected chi connectivity index (χ4v) is 1.29. The zero-order chi connectivity index (χ0) is 9.84.